The first kappa shape index (κ1) is 18.1. The van der Waals surface area contributed by atoms with Gasteiger partial charge in [-0.05, 0) is 36.8 Å². The summed E-state index contributed by atoms with van der Waals surface area (Å²) >= 11 is 5.13. The van der Waals surface area contributed by atoms with E-state index in [0.717, 1.165) is 12.5 Å². The van der Waals surface area contributed by atoms with Gasteiger partial charge in [0, 0.05) is 32.9 Å². The lowest BCUT2D eigenvalue weighted by Gasteiger charge is -2.21. The van der Waals surface area contributed by atoms with Crippen LogP contribution in [0.15, 0.2) is 18.2 Å². The van der Waals surface area contributed by atoms with Crippen molar-refractivity contribution in [3.8, 4) is 5.75 Å². The molecule has 0 heterocycles. The van der Waals surface area contributed by atoms with Crippen LogP contribution in [0.3, 0.4) is 0 Å². The molecule has 1 rings (SSSR count). The van der Waals surface area contributed by atoms with Gasteiger partial charge in [-0.3, -0.25) is 15.2 Å². The predicted molar refractivity (Wildman–Crippen MR) is 85.3 cm³/mol. The van der Waals surface area contributed by atoms with Crippen LogP contribution < -0.4 is 15.5 Å². The van der Waals surface area contributed by atoms with Gasteiger partial charge in [-0.15, -0.1) is 0 Å². The van der Waals surface area contributed by atoms with Crippen LogP contribution in [0.2, 0.25) is 0 Å². The third-order valence-corrected chi connectivity index (χ3v) is 3.21. The van der Waals surface area contributed by atoms with Crippen LogP contribution in [0.25, 0.3) is 0 Å². The molecule has 0 atom stereocenters. The Morgan fingerprint density at radius 2 is 2.14 bits per heavy atom. The number of carbonyl (C=O) groups is 1. The molecule has 0 aromatic heterocycles. The van der Waals surface area contributed by atoms with E-state index < -0.39 is 11.7 Å². The summed E-state index contributed by atoms with van der Waals surface area (Å²) in [5.74, 6) is -0.983. The highest BCUT2D eigenvalue weighted by atomic mass is 32.1. The number of nitrogens with zero attached hydrogens (tertiary/aromatic N) is 1. The zero-order valence-corrected chi connectivity index (χ0v) is 13.6. The maximum atomic E-state index is 13.6. The summed E-state index contributed by atoms with van der Waals surface area (Å²) in [6.45, 7) is 1.25. The number of ether oxygens (including phenoxy) is 2. The molecule has 0 saturated carbocycles. The molecule has 1 amide bonds. The van der Waals surface area contributed by atoms with Gasteiger partial charge in [-0.1, -0.05) is 0 Å². The summed E-state index contributed by atoms with van der Waals surface area (Å²) < 4.78 is 23.3. The van der Waals surface area contributed by atoms with E-state index in [1.54, 1.807) is 14.2 Å². The number of hydrogen-bond donors (Lipinski definition) is 2. The van der Waals surface area contributed by atoms with E-state index in [1.807, 2.05) is 0 Å². The van der Waals surface area contributed by atoms with E-state index in [-0.39, 0.29) is 11.3 Å². The molecule has 0 aliphatic rings. The van der Waals surface area contributed by atoms with E-state index in [2.05, 4.69) is 10.7 Å². The summed E-state index contributed by atoms with van der Waals surface area (Å²) in [6.07, 6.45) is 0.794. The highest BCUT2D eigenvalue weighted by Crippen LogP contribution is 2.17. The minimum Gasteiger partial charge on any atom is -0.494 e. The molecule has 0 fully saturated rings. The molecule has 122 valence electrons. The Kier molecular flexibility index (Phi) is 7.55. The molecule has 8 heteroatoms. The standard InChI is InChI=1S/C14H20FN3O3S/c1-18(14(22)16-7-4-8-20-2)17-13(19)10-5-6-12(21-3)11(15)9-10/h5-6,9H,4,7-8H2,1-3H3,(H,16,22)(H,17,19). The van der Waals surface area contributed by atoms with Crippen molar-refractivity contribution in [2.75, 3.05) is 34.4 Å². The first-order valence-electron chi connectivity index (χ1n) is 6.64. The van der Waals surface area contributed by atoms with Crippen molar-refractivity contribution >= 4 is 23.2 Å². The van der Waals surface area contributed by atoms with Crippen molar-refractivity contribution in [2.24, 2.45) is 0 Å². The van der Waals surface area contributed by atoms with Gasteiger partial charge in [0.25, 0.3) is 5.91 Å². The molecule has 0 aliphatic carbocycles. The summed E-state index contributed by atoms with van der Waals surface area (Å²) in [7, 11) is 4.59. The molecule has 0 aliphatic heterocycles. The molecular formula is C14H20FN3O3S. The van der Waals surface area contributed by atoms with E-state index >= 15 is 0 Å². The van der Waals surface area contributed by atoms with Crippen LogP contribution in [-0.2, 0) is 4.74 Å². The van der Waals surface area contributed by atoms with Crippen molar-refractivity contribution < 1.29 is 18.7 Å². The maximum absolute atomic E-state index is 13.6. The number of hydrogen-bond acceptors (Lipinski definition) is 4. The molecule has 22 heavy (non-hydrogen) atoms. The lowest BCUT2D eigenvalue weighted by atomic mass is 10.2. The number of amides is 1. The van der Waals surface area contributed by atoms with Crippen LogP contribution in [0, 0.1) is 5.82 Å². The molecule has 0 unspecified atom stereocenters. The van der Waals surface area contributed by atoms with Gasteiger partial charge in [0.15, 0.2) is 16.7 Å². The van der Waals surface area contributed by atoms with Crippen molar-refractivity contribution in [1.82, 2.24) is 15.8 Å². The maximum Gasteiger partial charge on any atom is 0.269 e. The highest BCUT2D eigenvalue weighted by Gasteiger charge is 2.13. The topological polar surface area (TPSA) is 62.8 Å². The fourth-order valence-corrected chi connectivity index (χ4v) is 1.75. The SMILES string of the molecule is COCCCNC(=S)N(C)NC(=O)c1ccc(OC)c(F)c1. The van der Waals surface area contributed by atoms with Crippen molar-refractivity contribution in [2.45, 2.75) is 6.42 Å². The summed E-state index contributed by atoms with van der Waals surface area (Å²) in [4.78, 5) is 12.0. The second kappa shape index (κ2) is 9.16. The van der Waals surface area contributed by atoms with Gasteiger partial charge >= 0.3 is 0 Å². The number of carbonyl (C=O) groups excluding carboxylic acids is 1. The van der Waals surface area contributed by atoms with Gasteiger partial charge in [0.1, 0.15) is 0 Å². The average molecular weight is 329 g/mol. The number of thiocarbonyl (C=S) groups is 1. The fraction of sp³-hybridized carbons (Fsp3) is 0.429. The number of benzene rings is 1. The molecule has 2 N–H and O–H groups in total. The Hall–Kier alpha value is -1.93. The number of rotatable bonds is 6. The molecule has 0 spiro atoms. The van der Waals surface area contributed by atoms with E-state index in [9.17, 15) is 9.18 Å². The third-order valence-electron chi connectivity index (χ3n) is 2.79. The van der Waals surface area contributed by atoms with Gasteiger partial charge in [0.05, 0.1) is 7.11 Å². The second-order valence-electron chi connectivity index (χ2n) is 4.43. The smallest absolute Gasteiger partial charge is 0.269 e. The zero-order valence-electron chi connectivity index (χ0n) is 12.8. The highest BCUT2D eigenvalue weighted by molar-refractivity contribution is 7.80. The summed E-state index contributed by atoms with van der Waals surface area (Å²) in [5.41, 5.74) is 2.73. The quantitative estimate of drug-likeness (QED) is 0.466. The minimum atomic E-state index is -0.599. The Bertz CT molecular complexity index is 528. The van der Waals surface area contributed by atoms with E-state index in [0.29, 0.717) is 18.3 Å². The Morgan fingerprint density at radius 1 is 1.41 bits per heavy atom. The van der Waals surface area contributed by atoms with Crippen LogP contribution >= 0.6 is 12.2 Å². The first-order chi connectivity index (χ1) is 10.5. The van der Waals surface area contributed by atoms with Crippen molar-refractivity contribution in [3.05, 3.63) is 29.6 Å². The molecule has 1 aromatic rings. The third kappa shape index (κ3) is 5.45. The average Bonchev–Trinajstić information content (AvgIpc) is 2.51. The number of hydrazine groups is 1. The number of methoxy groups -OCH3 is 2. The molecule has 0 radical (unpaired) electrons. The lowest BCUT2D eigenvalue weighted by Crippen LogP contribution is -2.48. The minimum absolute atomic E-state index is 0.0836. The van der Waals surface area contributed by atoms with Crippen LogP contribution in [0.1, 0.15) is 16.8 Å². The predicted octanol–water partition coefficient (Wildman–Crippen LogP) is 1.32. The van der Waals surface area contributed by atoms with Gasteiger partial charge in [-0.2, -0.15) is 0 Å². The van der Waals surface area contributed by atoms with Gasteiger partial charge in [-0.25, -0.2) is 4.39 Å². The molecule has 6 nitrogen and oxygen atoms in total. The molecule has 0 saturated heterocycles. The second-order valence-corrected chi connectivity index (χ2v) is 4.81. The Balaban J connectivity index is 2.53. The largest absolute Gasteiger partial charge is 0.494 e. The van der Waals surface area contributed by atoms with Crippen LogP contribution in [0.4, 0.5) is 4.39 Å². The van der Waals surface area contributed by atoms with Crippen LogP contribution in [-0.4, -0.2) is 50.4 Å². The monoisotopic (exact) mass is 329 g/mol. The van der Waals surface area contributed by atoms with Crippen LogP contribution in [0.5, 0.6) is 5.75 Å². The van der Waals surface area contributed by atoms with Gasteiger partial charge in [0.2, 0.25) is 0 Å². The fourth-order valence-electron chi connectivity index (χ4n) is 1.61. The van der Waals surface area contributed by atoms with E-state index in [1.165, 1.54) is 24.3 Å². The van der Waals surface area contributed by atoms with Gasteiger partial charge < -0.3 is 14.8 Å². The summed E-state index contributed by atoms with van der Waals surface area (Å²) in [5, 5.41) is 4.70. The van der Waals surface area contributed by atoms with E-state index in [4.69, 9.17) is 21.7 Å². The Labute approximate surface area is 134 Å². The summed E-state index contributed by atoms with van der Waals surface area (Å²) in [6, 6.07) is 3.97. The number of halogens is 1. The molecular weight excluding hydrogens is 309 g/mol. The number of nitrogens with one attached hydrogen (secondary N) is 2. The lowest BCUT2D eigenvalue weighted by molar-refractivity contribution is 0.0885. The molecule has 1 aromatic carbocycles. The zero-order chi connectivity index (χ0) is 16.5. The van der Waals surface area contributed by atoms with Crippen molar-refractivity contribution in [3.63, 3.8) is 0 Å². The normalized spacial score (nSPS) is 10.0. The Morgan fingerprint density at radius 3 is 2.73 bits per heavy atom. The van der Waals surface area contributed by atoms with Crippen molar-refractivity contribution in [1.29, 1.82) is 0 Å². The first-order valence-corrected chi connectivity index (χ1v) is 7.05. The molecule has 0 bridgehead atoms.